The van der Waals surface area contributed by atoms with E-state index in [1.165, 1.54) is 0 Å². The summed E-state index contributed by atoms with van der Waals surface area (Å²) < 4.78 is 6.09. The normalized spacial score (nSPS) is 11.3. The van der Waals surface area contributed by atoms with Gasteiger partial charge in [-0.15, -0.1) is 0 Å². The summed E-state index contributed by atoms with van der Waals surface area (Å²) in [6.07, 6.45) is 5.37. The SMILES string of the molecule is C=C/C=C\C(=C)c1nc2c(-c3ccc(-c4cc(-c5ccccc5)nc(-c5ccccc5)n4)c4ccccc34)cccc2o1. The van der Waals surface area contributed by atoms with E-state index in [2.05, 4.69) is 73.8 Å². The van der Waals surface area contributed by atoms with Crippen molar-refractivity contribution in [2.24, 2.45) is 0 Å². The first-order valence-corrected chi connectivity index (χ1v) is 14.1. The van der Waals surface area contributed by atoms with Gasteiger partial charge in [0.05, 0.1) is 11.4 Å². The molecule has 0 atom stereocenters. The third kappa shape index (κ3) is 4.96. The Bertz CT molecular complexity index is 2100. The lowest BCUT2D eigenvalue weighted by Crippen LogP contribution is -1.96. The Labute approximate surface area is 250 Å². The van der Waals surface area contributed by atoms with Gasteiger partial charge in [-0.2, -0.15) is 0 Å². The molecule has 7 aromatic rings. The molecule has 4 nitrogen and oxygen atoms in total. The molecular formula is C39H27N3O. The number of aromatic nitrogens is 3. The second-order valence-electron chi connectivity index (χ2n) is 10.2. The van der Waals surface area contributed by atoms with Crippen LogP contribution in [0.25, 0.3) is 72.5 Å². The molecule has 4 heteroatoms. The average molecular weight is 554 g/mol. The maximum Gasteiger partial charge on any atom is 0.226 e. The molecule has 0 aliphatic heterocycles. The minimum absolute atomic E-state index is 0.490. The highest BCUT2D eigenvalue weighted by Crippen LogP contribution is 2.39. The second kappa shape index (κ2) is 11.2. The molecule has 204 valence electrons. The van der Waals surface area contributed by atoms with Gasteiger partial charge in [-0.1, -0.05) is 141 Å². The van der Waals surface area contributed by atoms with E-state index in [0.717, 1.165) is 55.5 Å². The van der Waals surface area contributed by atoms with Crippen molar-refractivity contribution in [2.45, 2.75) is 0 Å². The van der Waals surface area contributed by atoms with Crippen molar-refractivity contribution in [3.8, 4) is 45.0 Å². The van der Waals surface area contributed by atoms with Crippen LogP contribution in [0.2, 0.25) is 0 Å². The predicted molar refractivity (Wildman–Crippen MR) is 177 cm³/mol. The number of fused-ring (bicyclic) bond motifs is 2. The largest absolute Gasteiger partial charge is 0.436 e. The van der Waals surface area contributed by atoms with Crippen LogP contribution in [0.1, 0.15) is 5.89 Å². The molecule has 0 fully saturated rings. The van der Waals surface area contributed by atoms with E-state index in [0.29, 0.717) is 22.9 Å². The molecule has 5 aromatic carbocycles. The van der Waals surface area contributed by atoms with Gasteiger partial charge in [-0.25, -0.2) is 15.0 Å². The Balaban J connectivity index is 1.41. The fraction of sp³-hybridized carbons (Fsp3) is 0. The fourth-order valence-electron chi connectivity index (χ4n) is 5.37. The Morgan fingerprint density at radius 3 is 2.00 bits per heavy atom. The number of hydrogen-bond acceptors (Lipinski definition) is 4. The minimum atomic E-state index is 0.490. The first-order valence-electron chi connectivity index (χ1n) is 14.1. The van der Waals surface area contributed by atoms with Gasteiger partial charge in [0.15, 0.2) is 11.4 Å². The molecule has 0 N–H and O–H groups in total. The van der Waals surface area contributed by atoms with Gasteiger partial charge in [0.1, 0.15) is 5.52 Å². The van der Waals surface area contributed by atoms with E-state index in [1.54, 1.807) is 6.08 Å². The van der Waals surface area contributed by atoms with Crippen LogP contribution in [0.4, 0.5) is 0 Å². The highest BCUT2D eigenvalue weighted by atomic mass is 16.3. The number of hydrogen-bond donors (Lipinski definition) is 0. The lowest BCUT2D eigenvalue weighted by Gasteiger charge is -2.14. The lowest BCUT2D eigenvalue weighted by molar-refractivity contribution is 0.586. The van der Waals surface area contributed by atoms with Crippen LogP contribution in [-0.4, -0.2) is 15.0 Å². The zero-order valence-electron chi connectivity index (χ0n) is 23.4. The van der Waals surface area contributed by atoms with Crippen molar-refractivity contribution in [3.63, 3.8) is 0 Å². The number of rotatable bonds is 7. The monoisotopic (exact) mass is 553 g/mol. The minimum Gasteiger partial charge on any atom is -0.436 e. The molecule has 0 spiro atoms. The van der Waals surface area contributed by atoms with Crippen molar-refractivity contribution in [1.82, 2.24) is 15.0 Å². The third-order valence-corrected chi connectivity index (χ3v) is 7.45. The summed E-state index contributed by atoms with van der Waals surface area (Å²) in [5.41, 5.74) is 9.05. The smallest absolute Gasteiger partial charge is 0.226 e. The van der Waals surface area contributed by atoms with Crippen molar-refractivity contribution in [1.29, 1.82) is 0 Å². The number of para-hydroxylation sites is 1. The van der Waals surface area contributed by atoms with Crippen LogP contribution in [0.15, 0.2) is 157 Å². The Morgan fingerprint density at radius 2 is 1.26 bits per heavy atom. The molecule has 0 saturated heterocycles. The average Bonchev–Trinajstić information content (AvgIpc) is 3.52. The molecule has 0 amide bonds. The van der Waals surface area contributed by atoms with E-state index < -0.39 is 0 Å². The zero-order chi connectivity index (χ0) is 29.2. The van der Waals surface area contributed by atoms with Crippen molar-refractivity contribution in [3.05, 3.63) is 159 Å². The number of oxazole rings is 1. The van der Waals surface area contributed by atoms with E-state index in [1.807, 2.05) is 72.8 Å². The highest BCUT2D eigenvalue weighted by Gasteiger charge is 2.17. The second-order valence-corrected chi connectivity index (χ2v) is 10.2. The quantitative estimate of drug-likeness (QED) is 0.184. The van der Waals surface area contributed by atoms with E-state index in [-0.39, 0.29) is 0 Å². The molecule has 7 rings (SSSR count). The van der Waals surface area contributed by atoms with Gasteiger partial charge < -0.3 is 4.42 Å². The first-order chi connectivity index (χ1) is 21.2. The fourth-order valence-corrected chi connectivity index (χ4v) is 5.37. The van der Waals surface area contributed by atoms with Gasteiger partial charge in [0.2, 0.25) is 5.89 Å². The molecule has 0 saturated carbocycles. The van der Waals surface area contributed by atoms with Crippen LogP contribution in [-0.2, 0) is 0 Å². The van der Waals surface area contributed by atoms with E-state index in [4.69, 9.17) is 19.4 Å². The molecule has 0 unspecified atom stereocenters. The standard InChI is InChI=1S/C39H27N3O/c1-3-4-14-26(2)39-42-37-33(21-13-22-36(37)43-39)31-23-24-32(30-20-12-11-19-29(30)31)35-25-34(27-15-7-5-8-16-27)40-38(41-35)28-17-9-6-10-18-28/h3-25H,1-2H2/b14-4-. The highest BCUT2D eigenvalue weighted by molar-refractivity contribution is 6.08. The summed E-state index contributed by atoms with van der Waals surface area (Å²) in [4.78, 5) is 14.9. The first kappa shape index (κ1) is 26.1. The summed E-state index contributed by atoms with van der Waals surface area (Å²) in [6.45, 7) is 7.84. The summed E-state index contributed by atoms with van der Waals surface area (Å²) in [5.74, 6) is 1.18. The third-order valence-electron chi connectivity index (χ3n) is 7.45. The van der Waals surface area contributed by atoms with Crippen molar-refractivity contribution >= 4 is 27.4 Å². The number of allylic oxidation sites excluding steroid dienone is 4. The van der Waals surface area contributed by atoms with Gasteiger partial charge in [0.25, 0.3) is 0 Å². The van der Waals surface area contributed by atoms with Crippen LogP contribution in [0.3, 0.4) is 0 Å². The van der Waals surface area contributed by atoms with Gasteiger partial charge in [-0.05, 0) is 28.5 Å². The van der Waals surface area contributed by atoms with Gasteiger partial charge in [0, 0.05) is 27.8 Å². The summed E-state index contributed by atoms with van der Waals surface area (Å²) >= 11 is 0. The predicted octanol–water partition coefficient (Wildman–Crippen LogP) is 10.2. The van der Waals surface area contributed by atoms with Crippen LogP contribution >= 0.6 is 0 Å². The maximum absolute atomic E-state index is 6.09. The zero-order valence-corrected chi connectivity index (χ0v) is 23.4. The lowest BCUT2D eigenvalue weighted by atomic mass is 9.93. The number of nitrogens with zero attached hydrogens (tertiary/aromatic N) is 3. The van der Waals surface area contributed by atoms with Gasteiger partial charge in [-0.3, -0.25) is 0 Å². The molecule has 2 heterocycles. The molecule has 0 aliphatic rings. The van der Waals surface area contributed by atoms with E-state index in [9.17, 15) is 0 Å². The maximum atomic E-state index is 6.09. The van der Waals surface area contributed by atoms with E-state index >= 15 is 0 Å². The summed E-state index contributed by atoms with van der Waals surface area (Å²) in [5, 5.41) is 2.19. The molecule has 0 radical (unpaired) electrons. The van der Waals surface area contributed by atoms with Crippen LogP contribution in [0, 0.1) is 0 Å². The van der Waals surface area contributed by atoms with Gasteiger partial charge >= 0.3 is 0 Å². The van der Waals surface area contributed by atoms with Crippen LogP contribution < -0.4 is 0 Å². The molecule has 2 aromatic heterocycles. The topological polar surface area (TPSA) is 51.8 Å². The number of benzene rings is 5. The van der Waals surface area contributed by atoms with Crippen LogP contribution in [0.5, 0.6) is 0 Å². The Hall–Kier alpha value is -5.87. The summed E-state index contributed by atoms with van der Waals surface area (Å²) in [6, 6.07) is 41.2. The van der Waals surface area contributed by atoms with Crippen molar-refractivity contribution in [2.75, 3.05) is 0 Å². The molecule has 0 bridgehead atoms. The molecule has 0 aliphatic carbocycles. The Morgan fingerprint density at radius 1 is 0.605 bits per heavy atom. The Kier molecular flexibility index (Phi) is 6.78. The van der Waals surface area contributed by atoms with Crippen molar-refractivity contribution < 1.29 is 4.42 Å². The molecular weight excluding hydrogens is 526 g/mol. The summed E-state index contributed by atoms with van der Waals surface area (Å²) in [7, 11) is 0. The molecule has 43 heavy (non-hydrogen) atoms.